The minimum atomic E-state index is -0.832. The van der Waals surface area contributed by atoms with Gasteiger partial charge in [-0.2, -0.15) is 0 Å². The van der Waals surface area contributed by atoms with Gasteiger partial charge in [-0.25, -0.2) is 0 Å². The number of carbonyl (C=O) groups excluding carboxylic acids is 1. The summed E-state index contributed by atoms with van der Waals surface area (Å²) in [5.41, 5.74) is 0. The van der Waals surface area contributed by atoms with E-state index in [0.29, 0.717) is 12.3 Å². The minimum absolute atomic E-state index is 0.0514. The van der Waals surface area contributed by atoms with E-state index in [1.807, 2.05) is 0 Å². The van der Waals surface area contributed by atoms with Crippen LogP contribution in [-0.4, -0.2) is 23.5 Å². The Bertz CT molecular complexity index is 308. The smallest absolute Gasteiger partial charge is 0.307 e. The monoisotopic (exact) mass is 253 g/mol. The molecule has 0 saturated heterocycles. The molecule has 0 bridgehead atoms. The van der Waals surface area contributed by atoms with Gasteiger partial charge in [-0.3, -0.25) is 9.59 Å². The van der Waals surface area contributed by atoms with Crippen LogP contribution in [0, 0.1) is 17.8 Å². The van der Waals surface area contributed by atoms with Gasteiger partial charge in [-0.05, 0) is 25.2 Å². The van der Waals surface area contributed by atoms with Crippen LogP contribution in [0.5, 0.6) is 0 Å². The third-order valence-electron chi connectivity index (χ3n) is 4.23. The summed E-state index contributed by atoms with van der Waals surface area (Å²) in [6, 6.07) is 0. The van der Waals surface area contributed by atoms with Crippen molar-refractivity contribution >= 4 is 11.9 Å². The van der Waals surface area contributed by atoms with Crippen LogP contribution in [0.4, 0.5) is 0 Å². The molecule has 1 amide bonds. The summed E-state index contributed by atoms with van der Waals surface area (Å²) in [4.78, 5) is 22.4. The van der Waals surface area contributed by atoms with Crippen LogP contribution in [0.25, 0.3) is 0 Å². The molecule has 2 aliphatic carbocycles. The van der Waals surface area contributed by atoms with Crippen molar-refractivity contribution in [3.05, 3.63) is 0 Å². The molecule has 2 atom stereocenters. The summed E-state index contributed by atoms with van der Waals surface area (Å²) in [5.74, 6) is -0.986. The van der Waals surface area contributed by atoms with E-state index in [4.69, 9.17) is 5.11 Å². The molecule has 0 radical (unpaired) electrons. The highest BCUT2D eigenvalue weighted by molar-refractivity contribution is 5.89. The lowest BCUT2D eigenvalue weighted by Crippen LogP contribution is -2.31. The van der Waals surface area contributed by atoms with E-state index in [1.54, 1.807) is 0 Å². The average molecular weight is 253 g/mol. The molecule has 2 fully saturated rings. The number of aliphatic carboxylic acids is 1. The molecule has 0 aliphatic heterocycles. The standard InChI is InChI=1S/C14H23NO3/c16-13(11-8-12(11)14(17)18)15-9-10-6-4-2-1-3-5-7-10/h10-12H,1-9H2,(H,15,16)(H,17,18). The molecule has 2 saturated carbocycles. The highest BCUT2D eigenvalue weighted by Crippen LogP contribution is 2.38. The zero-order valence-electron chi connectivity index (χ0n) is 10.9. The van der Waals surface area contributed by atoms with Gasteiger partial charge in [0.2, 0.25) is 5.91 Å². The third kappa shape index (κ3) is 3.72. The Morgan fingerprint density at radius 3 is 2.17 bits per heavy atom. The number of carbonyl (C=O) groups is 2. The van der Waals surface area contributed by atoms with Gasteiger partial charge in [0.15, 0.2) is 0 Å². The predicted octanol–water partition coefficient (Wildman–Crippen LogP) is 2.18. The fourth-order valence-electron chi connectivity index (χ4n) is 2.88. The van der Waals surface area contributed by atoms with Gasteiger partial charge in [0.05, 0.1) is 11.8 Å². The first-order chi connectivity index (χ1) is 8.68. The molecule has 2 N–H and O–H groups in total. The number of nitrogens with one attached hydrogen (secondary N) is 1. The van der Waals surface area contributed by atoms with E-state index >= 15 is 0 Å². The number of hydrogen-bond acceptors (Lipinski definition) is 2. The summed E-state index contributed by atoms with van der Waals surface area (Å²) < 4.78 is 0. The lowest BCUT2D eigenvalue weighted by Gasteiger charge is -2.19. The summed E-state index contributed by atoms with van der Waals surface area (Å²) in [7, 11) is 0. The van der Waals surface area contributed by atoms with Crippen LogP contribution >= 0.6 is 0 Å². The van der Waals surface area contributed by atoms with Crippen molar-refractivity contribution in [3.8, 4) is 0 Å². The van der Waals surface area contributed by atoms with Crippen molar-refractivity contribution in [2.24, 2.45) is 17.8 Å². The van der Waals surface area contributed by atoms with E-state index in [1.165, 1.54) is 44.9 Å². The largest absolute Gasteiger partial charge is 0.481 e. The Morgan fingerprint density at radius 2 is 1.61 bits per heavy atom. The summed E-state index contributed by atoms with van der Waals surface area (Å²) in [5, 5.41) is 11.7. The molecule has 0 aromatic carbocycles. The Balaban J connectivity index is 1.67. The van der Waals surface area contributed by atoms with Crippen LogP contribution in [0.1, 0.15) is 51.4 Å². The summed E-state index contributed by atoms with van der Waals surface area (Å²) in [6.07, 6.45) is 9.43. The van der Waals surface area contributed by atoms with Crippen molar-refractivity contribution < 1.29 is 14.7 Å². The van der Waals surface area contributed by atoms with E-state index in [-0.39, 0.29) is 11.8 Å². The fraction of sp³-hybridized carbons (Fsp3) is 0.857. The van der Waals surface area contributed by atoms with Gasteiger partial charge >= 0.3 is 5.97 Å². The van der Waals surface area contributed by atoms with Crippen LogP contribution < -0.4 is 5.32 Å². The van der Waals surface area contributed by atoms with Gasteiger partial charge in [0.25, 0.3) is 0 Å². The highest BCUT2D eigenvalue weighted by Gasteiger charge is 2.48. The second kappa shape index (κ2) is 6.21. The third-order valence-corrected chi connectivity index (χ3v) is 4.23. The lowest BCUT2D eigenvalue weighted by molar-refractivity contribution is -0.140. The lowest BCUT2D eigenvalue weighted by atomic mass is 9.91. The quantitative estimate of drug-likeness (QED) is 0.807. The Morgan fingerprint density at radius 1 is 1.00 bits per heavy atom. The number of carboxylic acids is 1. The van der Waals surface area contributed by atoms with Crippen molar-refractivity contribution in [3.63, 3.8) is 0 Å². The van der Waals surface area contributed by atoms with Gasteiger partial charge in [0, 0.05) is 6.54 Å². The van der Waals surface area contributed by atoms with Crippen molar-refractivity contribution in [1.29, 1.82) is 0 Å². The zero-order chi connectivity index (χ0) is 13.0. The molecular formula is C14H23NO3. The van der Waals surface area contributed by atoms with E-state index < -0.39 is 11.9 Å². The molecule has 4 heteroatoms. The molecule has 2 rings (SSSR count). The van der Waals surface area contributed by atoms with E-state index in [0.717, 1.165) is 6.54 Å². The number of hydrogen-bond donors (Lipinski definition) is 2. The molecule has 0 aromatic heterocycles. The molecular weight excluding hydrogens is 230 g/mol. The van der Waals surface area contributed by atoms with Crippen molar-refractivity contribution in [2.45, 2.75) is 51.4 Å². The van der Waals surface area contributed by atoms with Crippen LogP contribution in [-0.2, 0) is 9.59 Å². The van der Waals surface area contributed by atoms with Crippen LogP contribution in [0.15, 0.2) is 0 Å². The fourth-order valence-corrected chi connectivity index (χ4v) is 2.88. The van der Waals surface area contributed by atoms with E-state index in [2.05, 4.69) is 5.32 Å². The molecule has 18 heavy (non-hydrogen) atoms. The Kier molecular flexibility index (Phi) is 4.61. The van der Waals surface area contributed by atoms with Gasteiger partial charge < -0.3 is 10.4 Å². The first-order valence-corrected chi connectivity index (χ1v) is 7.19. The number of amides is 1. The predicted molar refractivity (Wildman–Crippen MR) is 68.1 cm³/mol. The number of rotatable bonds is 4. The van der Waals surface area contributed by atoms with Crippen molar-refractivity contribution in [1.82, 2.24) is 5.32 Å². The Labute approximate surface area is 108 Å². The summed E-state index contributed by atoms with van der Waals surface area (Å²) >= 11 is 0. The average Bonchev–Trinajstić information content (AvgIpc) is 3.07. The van der Waals surface area contributed by atoms with Gasteiger partial charge in [0.1, 0.15) is 0 Å². The van der Waals surface area contributed by atoms with Crippen molar-refractivity contribution in [2.75, 3.05) is 6.54 Å². The first kappa shape index (κ1) is 13.4. The maximum atomic E-state index is 11.7. The van der Waals surface area contributed by atoms with Crippen LogP contribution in [0.2, 0.25) is 0 Å². The maximum absolute atomic E-state index is 11.7. The Hall–Kier alpha value is -1.06. The highest BCUT2D eigenvalue weighted by atomic mass is 16.4. The normalized spacial score (nSPS) is 29.1. The SMILES string of the molecule is O=C(O)C1CC1C(=O)NCC1CCCCCCC1. The van der Waals surface area contributed by atoms with Crippen LogP contribution in [0.3, 0.4) is 0 Å². The molecule has 102 valence electrons. The molecule has 0 heterocycles. The van der Waals surface area contributed by atoms with Gasteiger partial charge in [-0.15, -0.1) is 0 Å². The molecule has 2 aliphatic rings. The number of carboxylic acid groups (broad SMARTS) is 1. The molecule has 4 nitrogen and oxygen atoms in total. The van der Waals surface area contributed by atoms with E-state index in [9.17, 15) is 9.59 Å². The minimum Gasteiger partial charge on any atom is -0.481 e. The molecule has 2 unspecified atom stereocenters. The summed E-state index contributed by atoms with van der Waals surface area (Å²) in [6.45, 7) is 0.738. The van der Waals surface area contributed by atoms with Gasteiger partial charge in [-0.1, -0.05) is 32.1 Å². The maximum Gasteiger partial charge on any atom is 0.307 e. The molecule has 0 spiro atoms. The first-order valence-electron chi connectivity index (χ1n) is 7.19. The topological polar surface area (TPSA) is 66.4 Å². The second-order valence-electron chi connectivity index (χ2n) is 5.74. The molecule has 0 aromatic rings. The zero-order valence-corrected chi connectivity index (χ0v) is 10.9. The second-order valence-corrected chi connectivity index (χ2v) is 5.74.